The van der Waals surface area contributed by atoms with Crippen LogP contribution in [0.25, 0.3) is 0 Å². The van der Waals surface area contributed by atoms with Crippen LogP contribution in [0.4, 0.5) is 0 Å². The second-order valence-electron chi connectivity index (χ2n) is 6.80. The number of pyridine rings is 1. The van der Waals surface area contributed by atoms with E-state index in [-0.39, 0.29) is 16.5 Å². The predicted octanol–water partition coefficient (Wildman–Crippen LogP) is 2.78. The van der Waals surface area contributed by atoms with Crippen LogP contribution < -0.4 is 10.5 Å². The van der Waals surface area contributed by atoms with Crippen LogP contribution in [-0.4, -0.2) is 18.0 Å². The van der Waals surface area contributed by atoms with Gasteiger partial charge in [0.25, 0.3) is 5.91 Å². The smallest absolute Gasteiger partial charge is 0.271 e. The molecule has 0 bridgehead atoms. The number of carbonyl (C=O) groups is 1. The first-order valence-corrected chi connectivity index (χ1v) is 6.38. The minimum absolute atomic E-state index is 0.0843. The number of nitrogens with two attached hydrogens (primary N) is 1. The zero-order chi connectivity index (χ0) is 15.0. The van der Waals surface area contributed by atoms with Gasteiger partial charge in [-0.3, -0.25) is 4.79 Å². The van der Waals surface area contributed by atoms with Gasteiger partial charge in [-0.1, -0.05) is 41.5 Å². The van der Waals surface area contributed by atoms with Gasteiger partial charge in [0.2, 0.25) is 0 Å². The summed E-state index contributed by atoms with van der Waals surface area (Å²) in [5.41, 5.74) is 7.28. The first kappa shape index (κ1) is 15.5. The Morgan fingerprint density at radius 2 is 1.68 bits per heavy atom. The van der Waals surface area contributed by atoms with Gasteiger partial charge in [0.05, 0.1) is 12.8 Å². The second kappa shape index (κ2) is 4.83. The van der Waals surface area contributed by atoms with Gasteiger partial charge in [-0.2, -0.15) is 0 Å². The van der Waals surface area contributed by atoms with E-state index in [2.05, 4.69) is 46.5 Å². The Balaban J connectivity index is 3.68. The van der Waals surface area contributed by atoms with E-state index >= 15 is 0 Å². The van der Waals surface area contributed by atoms with E-state index in [1.54, 1.807) is 0 Å². The number of hydrogen-bond acceptors (Lipinski definition) is 3. The van der Waals surface area contributed by atoms with Gasteiger partial charge in [-0.15, -0.1) is 0 Å². The summed E-state index contributed by atoms with van der Waals surface area (Å²) < 4.78 is 5.25. The van der Waals surface area contributed by atoms with Gasteiger partial charge in [-0.25, -0.2) is 4.98 Å². The molecule has 19 heavy (non-hydrogen) atoms. The largest absolute Gasteiger partial charge is 0.494 e. The van der Waals surface area contributed by atoms with Gasteiger partial charge in [0, 0.05) is 5.41 Å². The van der Waals surface area contributed by atoms with Crippen LogP contribution in [0, 0.1) is 0 Å². The third-order valence-electron chi connectivity index (χ3n) is 2.96. The molecule has 0 aromatic carbocycles. The molecule has 2 N–H and O–H groups in total. The quantitative estimate of drug-likeness (QED) is 0.893. The summed E-state index contributed by atoms with van der Waals surface area (Å²) >= 11 is 0. The highest BCUT2D eigenvalue weighted by Gasteiger charge is 2.29. The fourth-order valence-electron chi connectivity index (χ4n) is 1.97. The molecule has 1 aromatic rings. The lowest BCUT2D eigenvalue weighted by Gasteiger charge is -2.29. The third-order valence-corrected chi connectivity index (χ3v) is 2.96. The number of carbonyl (C=O) groups excluding carboxylic acids is 1. The molecule has 1 heterocycles. The predicted molar refractivity (Wildman–Crippen MR) is 76.7 cm³/mol. The Bertz CT molecular complexity index is 494. The Kier molecular flexibility index (Phi) is 3.94. The van der Waals surface area contributed by atoms with Crippen molar-refractivity contribution in [3.05, 3.63) is 23.0 Å². The number of amides is 1. The first-order valence-electron chi connectivity index (χ1n) is 6.38. The zero-order valence-electron chi connectivity index (χ0n) is 12.9. The number of rotatable bonds is 2. The van der Waals surface area contributed by atoms with Crippen molar-refractivity contribution in [3.8, 4) is 5.75 Å². The van der Waals surface area contributed by atoms with Crippen LogP contribution in [-0.2, 0) is 10.8 Å². The fourth-order valence-corrected chi connectivity index (χ4v) is 1.97. The summed E-state index contributed by atoms with van der Waals surface area (Å²) in [6.45, 7) is 12.6. The molecule has 4 nitrogen and oxygen atoms in total. The molecule has 0 aliphatic carbocycles. The molecular weight excluding hydrogens is 240 g/mol. The molecule has 0 atom stereocenters. The number of aromatic nitrogens is 1. The monoisotopic (exact) mass is 264 g/mol. The maximum Gasteiger partial charge on any atom is 0.271 e. The number of ether oxygens (including phenoxy) is 1. The van der Waals surface area contributed by atoms with Gasteiger partial charge in [-0.05, 0) is 17.0 Å². The van der Waals surface area contributed by atoms with Gasteiger partial charge >= 0.3 is 0 Å². The number of nitrogens with zero attached hydrogens (tertiary/aromatic N) is 1. The number of methoxy groups -OCH3 is 1. The lowest BCUT2D eigenvalue weighted by molar-refractivity contribution is 0.0991. The van der Waals surface area contributed by atoms with E-state index in [1.807, 2.05) is 6.07 Å². The Morgan fingerprint density at radius 1 is 1.16 bits per heavy atom. The van der Waals surface area contributed by atoms with Crippen LogP contribution in [0.15, 0.2) is 6.07 Å². The summed E-state index contributed by atoms with van der Waals surface area (Å²) in [7, 11) is 1.52. The summed E-state index contributed by atoms with van der Waals surface area (Å²) in [5, 5.41) is 0. The molecule has 106 valence electrons. The lowest BCUT2D eigenvalue weighted by atomic mass is 9.78. The SMILES string of the molecule is COc1cc(C(C)(C)C)c(C(C)(C)C)nc1C(N)=O. The Morgan fingerprint density at radius 3 is 2.00 bits per heavy atom. The van der Waals surface area contributed by atoms with Crippen molar-refractivity contribution in [2.45, 2.75) is 52.4 Å². The molecule has 0 radical (unpaired) electrons. The van der Waals surface area contributed by atoms with Crippen molar-refractivity contribution in [2.75, 3.05) is 7.11 Å². The molecule has 0 unspecified atom stereocenters. The van der Waals surface area contributed by atoms with E-state index in [9.17, 15) is 4.79 Å². The van der Waals surface area contributed by atoms with E-state index in [1.165, 1.54) is 7.11 Å². The summed E-state index contributed by atoms with van der Waals surface area (Å²) in [4.78, 5) is 16.0. The topological polar surface area (TPSA) is 65.2 Å². The third kappa shape index (κ3) is 3.25. The highest BCUT2D eigenvalue weighted by atomic mass is 16.5. The van der Waals surface area contributed by atoms with E-state index in [0.29, 0.717) is 5.75 Å². The Hall–Kier alpha value is -1.58. The minimum Gasteiger partial charge on any atom is -0.494 e. The first-order chi connectivity index (χ1) is 8.48. The lowest BCUT2D eigenvalue weighted by Crippen LogP contribution is -2.26. The highest BCUT2D eigenvalue weighted by molar-refractivity contribution is 5.93. The van der Waals surface area contributed by atoms with Crippen molar-refractivity contribution in [1.82, 2.24) is 4.98 Å². The second-order valence-corrected chi connectivity index (χ2v) is 6.80. The van der Waals surface area contributed by atoms with E-state index < -0.39 is 5.91 Å². The maximum atomic E-state index is 11.5. The summed E-state index contributed by atoms with van der Waals surface area (Å²) in [6.07, 6.45) is 0. The highest BCUT2D eigenvalue weighted by Crippen LogP contribution is 2.35. The zero-order valence-corrected chi connectivity index (χ0v) is 12.9. The van der Waals surface area contributed by atoms with Gasteiger partial charge in [0.1, 0.15) is 0 Å². The molecule has 0 aliphatic rings. The molecule has 0 saturated carbocycles. The van der Waals surface area contributed by atoms with E-state index in [0.717, 1.165) is 11.3 Å². The van der Waals surface area contributed by atoms with Crippen molar-refractivity contribution in [1.29, 1.82) is 0 Å². The molecule has 0 spiro atoms. The normalized spacial score (nSPS) is 12.4. The van der Waals surface area contributed by atoms with Crippen molar-refractivity contribution in [2.24, 2.45) is 5.73 Å². The molecule has 1 aromatic heterocycles. The summed E-state index contributed by atoms with van der Waals surface area (Å²) in [6, 6.07) is 1.88. The molecular formula is C15H24N2O2. The molecule has 1 amide bonds. The number of primary amides is 1. The molecule has 0 saturated heterocycles. The van der Waals surface area contributed by atoms with Crippen LogP contribution in [0.3, 0.4) is 0 Å². The van der Waals surface area contributed by atoms with Crippen LogP contribution >= 0.6 is 0 Å². The van der Waals surface area contributed by atoms with Crippen molar-refractivity contribution < 1.29 is 9.53 Å². The van der Waals surface area contributed by atoms with Crippen molar-refractivity contribution >= 4 is 5.91 Å². The fraction of sp³-hybridized carbons (Fsp3) is 0.600. The van der Waals surface area contributed by atoms with E-state index in [4.69, 9.17) is 10.5 Å². The molecule has 0 aliphatic heterocycles. The Labute approximate surface area is 115 Å². The minimum atomic E-state index is -0.567. The average molecular weight is 264 g/mol. The average Bonchev–Trinajstić information content (AvgIpc) is 2.24. The van der Waals surface area contributed by atoms with Crippen LogP contribution in [0.2, 0.25) is 0 Å². The molecule has 0 fully saturated rings. The van der Waals surface area contributed by atoms with Gasteiger partial charge < -0.3 is 10.5 Å². The molecule has 4 heteroatoms. The van der Waals surface area contributed by atoms with Gasteiger partial charge in [0.15, 0.2) is 11.4 Å². The van der Waals surface area contributed by atoms with Crippen molar-refractivity contribution in [3.63, 3.8) is 0 Å². The standard InChI is InChI=1S/C15H24N2O2/c1-14(2,3)9-8-10(19-7)11(13(16)18)17-12(9)15(4,5)6/h8H,1-7H3,(H2,16,18). The van der Waals surface area contributed by atoms with Crippen LogP contribution in [0.1, 0.15) is 63.3 Å². The molecule has 1 rings (SSSR count). The maximum absolute atomic E-state index is 11.5. The van der Waals surface area contributed by atoms with Crippen LogP contribution in [0.5, 0.6) is 5.75 Å². The number of hydrogen-bond donors (Lipinski definition) is 1. The summed E-state index contributed by atoms with van der Waals surface area (Å²) in [5.74, 6) is -0.131.